The third-order valence-corrected chi connectivity index (χ3v) is 7.70. The summed E-state index contributed by atoms with van der Waals surface area (Å²) in [4.78, 5) is 30.4. The highest BCUT2D eigenvalue weighted by Crippen LogP contribution is 2.30. The van der Waals surface area contributed by atoms with Gasteiger partial charge >= 0.3 is 5.97 Å². The average Bonchev–Trinajstić information content (AvgIpc) is 3.11. The van der Waals surface area contributed by atoms with Crippen LogP contribution in [0.4, 0.5) is 5.82 Å². The van der Waals surface area contributed by atoms with Crippen LogP contribution < -0.4 is 9.62 Å². The molecule has 0 saturated carbocycles. The number of pyridine rings is 1. The zero-order valence-corrected chi connectivity index (χ0v) is 19.1. The lowest BCUT2D eigenvalue weighted by molar-refractivity contribution is -0.120. The molecule has 1 fully saturated rings. The number of rotatable bonds is 7. The lowest BCUT2D eigenvalue weighted by Crippen LogP contribution is -2.49. The second-order valence-corrected chi connectivity index (χ2v) is 10.5. The molecule has 0 atom stereocenters. The van der Waals surface area contributed by atoms with Crippen LogP contribution in [0, 0.1) is 24.2 Å². The lowest BCUT2D eigenvalue weighted by atomic mass is 9.95. The van der Waals surface area contributed by atoms with Gasteiger partial charge in [-0.05, 0) is 32.0 Å². The van der Waals surface area contributed by atoms with Crippen molar-refractivity contribution in [3.63, 3.8) is 0 Å². The minimum atomic E-state index is -3.95. The number of thiophene rings is 1. The van der Waals surface area contributed by atoms with E-state index >= 15 is 0 Å². The zero-order chi connectivity index (χ0) is 22.8. The third kappa shape index (κ3) is 5.15. The molecule has 1 aliphatic heterocycles. The summed E-state index contributed by atoms with van der Waals surface area (Å²) in [5.74, 6) is -0.829. The van der Waals surface area contributed by atoms with Crippen molar-refractivity contribution in [2.24, 2.45) is 5.92 Å². The van der Waals surface area contributed by atoms with Gasteiger partial charge in [-0.25, -0.2) is 22.9 Å². The van der Waals surface area contributed by atoms with Gasteiger partial charge in [-0.2, -0.15) is 5.26 Å². The van der Waals surface area contributed by atoms with Gasteiger partial charge in [-0.15, -0.1) is 11.3 Å². The molecule has 0 bridgehead atoms. The molecule has 31 heavy (non-hydrogen) atoms. The highest BCUT2D eigenvalue weighted by atomic mass is 35.5. The van der Waals surface area contributed by atoms with Gasteiger partial charge in [0, 0.05) is 25.4 Å². The molecular formula is C19H19ClN4O5S2. The van der Waals surface area contributed by atoms with E-state index in [1.165, 1.54) is 18.2 Å². The molecule has 2 aromatic rings. The first kappa shape index (κ1) is 23.0. The van der Waals surface area contributed by atoms with E-state index < -0.39 is 21.9 Å². The van der Waals surface area contributed by atoms with E-state index in [0.717, 1.165) is 11.3 Å². The van der Waals surface area contributed by atoms with Crippen molar-refractivity contribution >= 4 is 50.7 Å². The minimum absolute atomic E-state index is 0.0105. The Morgan fingerprint density at radius 3 is 2.71 bits per heavy atom. The number of carbonyl (C=O) groups excluding carboxylic acids is 2. The van der Waals surface area contributed by atoms with E-state index in [4.69, 9.17) is 16.3 Å². The molecule has 9 nitrogen and oxygen atoms in total. The van der Waals surface area contributed by atoms with Crippen LogP contribution in [0.15, 0.2) is 22.4 Å². The van der Waals surface area contributed by atoms with E-state index in [-0.39, 0.29) is 34.3 Å². The monoisotopic (exact) mass is 482 g/mol. The van der Waals surface area contributed by atoms with Gasteiger partial charge in [-0.3, -0.25) is 4.79 Å². The fraction of sp³-hybridized carbons (Fsp3) is 0.368. The first-order valence-electron chi connectivity index (χ1n) is 9.29. The van der Waals surface area contributed by atoms with Crippen molar-refractivity contribution in [2.75, 3.05) is 24.6 Å². The van der Waals surface area contributed by atoms with Crippen LogP contribution in [0.3, 0.4) is 0 Å². The molecule has 3 heterocycles. The standard InChI is InChI=1S/C19H19ClN4O5S2/c1-3-29-19(26)14-7-13(8-21)18(22-11(14)2)24-9-12(10-24)6-16(25)23-31(27,28)17-5-4-15(20)30-17/h4-5,7,12H,3,6,9-10H2,1-2H3,(H,23,25). The van der Waals surface area contributed by atoms with Gasteiger partial charge in [0.25, 0.3) is 10.0 Å². The summed E-state index contributed by atoms with van der Waals surface area (Å²) in [6.07, 6.45) is 0.0105. The second kappa shape index (κ2) is 9.21. The molecule has 164 valence electrons. The van der Waals surface area contributed by atoms with Crippen LogP contribution in [0.5, 0.6) is 0 Å². The summed E-state index contributed by atoms with van der Waals surface area (Å²) in [6, 6.07) is 6.28. The quantitative estimate of drug-likeness (QED) is 0.596. The number of amides is 1. The Morgan fingerprint density at radius 2 is 2.13 bits per heavy atom. The van der Waals surface area contributed by atoms with Crippen molar-refractivity contribution < 1.29 is 22.7 Å². The van der Waals surface area contributed by atoms with Crippen molar-refractivity contribution in [1.29, 1.82) is 5.26 Å². The third-order valence-electron chi connectivity index (χ3n) is 4.60. The number of hydrogen-bond acceptors (Lipinski definition) is 9. The number of aryl methyl sites for hydroxylation is 1. The fourth-order valence-electron chi connectivity index (χ4n) is 3.15. The SMILES string of the molecule is CCOC(=O)c1cc(C#N)c(N2CC(CC(=O)NS(=O)(=O)c3ccc(Cl)s3)C2)nc1C. The summed E-state index contributed by atoms with van der Waals surface area (Å²) in [5.41, 5.74) is 0.903. The molecule has 3 rings (SSSR count). The highest BCUT2D eigenvalue weighted by Gasteiger charge is 2.33. The highest BCUT2D eigenvalue weighted by molar-refractivity contribution is 7.92. The van der Waals surface area contributed by atoms with E-state index in [2.05, 4.69) is 9.71 Å². The maximum atomic E-state index is 12.2. The van der Waals surface area contributed by atoms with E-state index in [9.17, 15) is 23.3 Å². The molecule has 12 heteroatoms. The Kier molecular flexibility index (Phi) is 6.83. The molecule has 0 spiro atoms. The lowest BCUT2D eigenvalue weighted by Gasteiger charge is -2.40. The number of ether oxygens (including phenoxy) is 1. The second-order valence-electron chi connectivity index (χ2n) is 6.89. The number of aromatic nitrogens is 1. The van der Waals surface area contributed by atoms with Crippen LogP contribution in [-0.4, -0.2) is 45.0 Å². The van der Waals surface area contributed by atoms with Gasteiger partial charge < -0.3 is 9.64 Å². The summed E-state index contributed by atoms with van der Waals surface area (Å²) >= 11 is 6.62. The van der Waals surface area contributed by atoms with Gasteiger partial charge in [0.05, 0.1) is 27.8 Å². The first-order valence-corrected chi connectivity index (χ1v) is 12.0. The van der Waals surface area contributed by atoms with E-state index in [0.29, 0.717) is 28.9 Å². The molecule has 0 aromatic carbocycles. The summed E-state index contributed by atoms with van der Waals surface area (Å²) in [7, 11) is -3.95. The molecule has 1 saturated heterocycles. The zero-order valence-electron chi connectivity index (χ0n) is 16.7. The van der Waals surface area contributed by atoms with Crippen LogP contribution in [0.25, 0.3) is 0 Å². The molecular weight excluding hydrogens is 464 g/mol. The molecule has 1 amide bonds. The Hall–Kier alpha value is -2.68. The predicted molar refractivity (Wildman–Crippen MR) is 115 cm³/mol. The summed E-state index contributed by atoms with van der Waals surface area (Å²) in [5, 5.41) is 9.45. The number of sulfonamides is 1. The molecule has 1 N–H and O–H groups in total. The summed E-state index contributed by atoms with van der Waals surface area (Å²) < 4.78 is 31.7. The molecule has 2 aromatic heterocycles. The maximum absolute atomic E-state index is 12.2. The predicted octanol–water partition coefficient (Wildman–Crippen LogP) is 2.48. The first-order chi connectivity index (χ1) is 14.6. The smallest absolute Gasteiger partial charge is 0.340 e. The van der Waals surface area contributed by atoms with Crippen molar-refractivity contribution in [2.45, 2.75) is 24.5 Å². The van der Waals surface area contributed by atoms with Gasteiger partial charge in [-0.1, -0.05) is 11.6 Å². The molecule has 1 aliphatic rings. The Labute approximate surface area is 188 Å². The number of nitriles is 1. The van der Waals surface area contributed by atoms with E-state index in [1.807, 2.05) is 11.0 Å². The molecule has 0 radical (unpaired) electrons. The van der Waals surface area contributed by atoms with Crippen molar-refractivity contribution in [1.82, 2.24) is 9.71 Å². The van der Waals surface area contributed by atoms with Crippen LogP contribution in [0.1, 0.15) is 35.0 Å². The van der Waals surface area contributed by atoms with Gasteiger partial charge in [0.1, 0.15) is 16.1 Å². The Morgan fingerprint density at radius 1 is 1.42 bits per heavy atom. The largest absolute Gasteiger partial charge is 0.462 e. The Balaban J connectivity index is 1.62. The number of nitrogens with zero attached hydrogens (tertiary/aromatic N) is 3. The summed E-state index contributed by atoms with van der Waals surface area (Å²) in [6.45, 7) is 4.42. The molecule has 0 aliphatic carbocycles. The number of esters is 1. The number of hydrogen-bond donors (Lipinski definition) is 1. The van der Waals surface area contributed by atoms with Gasteiger partial charge in [0.2, 0.25) is 5.91 Å². The fourth-order valence-corrected chi connectivity index (χ4v) is 5.63. The van der Waals surface area contributed by atoms with Crippen molar-refractivity contribution in [3.8, 4) is 6.07 Å². The molecule has 0 unspecified atom stereocenters. The average molecular weight is 483 g/mol. The minimum Gasteiger partial charge on any atom is -0.462 e. The van der Waals surface area contributed by atoms with Crippen molar-refractivity contribution in [3.05, 3.63) is 39.4 Å². The number of anilines is 1. The van der Waals surface area contributed by atoms with Crippen LogP contribution in [-0.2, 0) is 19.6 Å². The van der Waals surface area contributed by atoms with E-state index in [1.54, 1.807) is 13.8 Å². The number of halogens is 1. The van der Waals surface area contributed by atoms with Crippen LogP contribution in [0.2, 0.25) is 4.34 Å². The topological polar surface area (TPSA) is 129 Å². The normalized spacial score (nSPS) is 13.9. The Bertz CT molecular complexity index is 1170. The number of carbonyl (C=O) groups is 2. The number of nitrogens with one attached hydrogen (secondary N) is 1. The maximum Gasteiger partial charge on any atom is 0.340 e. The van der Waals surface area contributed by atoms with Crippen LogP contribution >= 0.6 is 22.9 Å². The van der Waals surface area contributed by atoms with Gasteiger partial charge in [0.15, 0.2) is 0 Å².